The van der Waals surface area contributed by atoms with Crippen LogP contribution in [0.1, 0.15) is 53.4 Å². The average Bonchev–Trinajstić information content (AvgIpc) is 2.44. The third-order valence-electron chi connectivity index (χ3n) is 6.89. The molecule has 0 amide bonds. The summed E-state index contributed by atoms with van der Waals surface area (Å²) in [6.07, 6.45) is 3.96. The van der Waals surface area contributed by atoms with Crippen LogP contribution in [0, 0.1) is 28.1 Å². The number of hydrogen-bond acceptors (Lipinski definition) is 2. The summed E-state index contributed by atoms with van der Waals surface area (Å²) in [4.78, 5) is 0. The third kappa shape index (κ3) is 1.14. The lowest BCUT2D eigenvalue weighted by Gasteiger charge is -2.45. The average molecular weight is 238 g/mol. The highest BCUT2D eigenvalue weighted by molar-refractivity contribution is 5.22. The number of hydrogen-bond donors (Lipinski definition) is 2. The van der Waals surface area contributed by atoms with E-state index >= 15 is 0 Å². The van der Waals surface area contributed by atoms with Crippen molar-refractivity contribution in [2.24, 2.45) is 28.1 Å². The molecule has 0 aromatic rings. The van der Waals surface area contributed by atoms with Gasteiger partial charge >= 0.3 is 0 Å². The summed E-state index contributed by atoms with van der Waals surface area (Å²) in [5.74, 6) is 0.587. The van der Waals surface area contributed by atoms with E-state index in [1.54, 1.807) is 0 Å². The standard InChI is InChI=1S/C15H26O2/c1-13(2)6-5-7-14(3)10-9(16)8-15(14,4)12(17)11(10)13/h9-12,16-17H,5-8H2,1-4H3/t9-,10+,11+,12?,14-,15-/m1/s1. The van der Waals surface area contributed by atoms with Crippen molar-refractivity contribution < 1.29 is 10.2 Å². The second-order valence-electron chi connectivity index (χ2n) is 7.94. The van der Waals surface area contributed by atoms with Crippen molar-refractivity contribution in [3.63, 3.8) is 0 Å². The van der Waals surface area contributed by atoms with Gasteiger partial charge in [0.2, 0.25) is 0 Å². The van der Waals surface area contributed by atoms with Gasteiger partial charge in [0, 0.05) is 5.41 Å². The van der Waals surface area contributed by atoms with Gasteiger partial charge in [-0.25, -0.2) is 0 Å². The molecular formula is C15H26O2. The lowest BCUT2D eigenvalue weighted by molar-refractivity contribution is -0.0850. The summed E-state index contributed by atoms with van der Waals surface area (Å²) < 4.78 is 0. The van der Waals surface area contributed by atoms with Crippen LogP contribution in [0.5, 0.6) is 0 Å². The molecule has 3 saturated carbocycles. The van der Waals surface area contributed by atoms with E-state index in [9.17, 15) is 10.2 Å². The predicted octanol–water partition coefficient (Wildman–Crippen LogP) is 2.58. The fourth-order valence-electron chi connectivity index (χ4n) is 5.73. The third-order valence-corrected chi connectivity index (χ3v) is 6.89. The van der Waals surface area contributed by atoms with E-state index in [0.29, 0.717) is 5.92 Å². The molecule has 3 aliphatic carbocycles. The molecule has 0 aromatic carbocycles. The summed E-state index contributed by atoms with van der Waals surface area (Å²) in [7, 11) is 0. The minimum atomic E-state index is -0.226. The maximum atomic E-state index is 10.8. The Morgan fingerprint density at radius 2 is 1.53 bits per heavy atom. The first-order chi connectivity index (χ1) is 7.74. The summed E-state index contributed by atoms with van der Waals surface area (Å²) >= 11 is 0. The molecular weight excluding hydrogens is 212 g/mol. The topological polar surface area (TPSA) is 40.5 Å². The molecule has 0 radical (unpaired) electrons. The molecule has 3 fully saturated rings. The van der Waals surface area contributed by atoms with E-state index in [-0.39, 0.29) is 34.4 Å². The molecule has 3 rings (SSSR count). The second kappa shape index (κ2) is 3.08. The van der Waals surface area contributed by atoms with Crippen LogP contribution in [0.2, 0.25) is 0 Å². The molecule has 0 spiro atoms. The Balaban J connectivity index is 2.15. The van der Waals surface area contributed by atoms with E-state index in [1.807, 2.05) is 0 Å². The maximum absolute atomic E-state index is 10.8. The van der Waals surface area contributed by atoms with Crippen molar-refractivity contribution in [1.82, 2.24) is 0 Å². The SMILES string of the molecule is CC1(C)CCC[C@]2(C)[C@H]3[C@H](O)C[C@]2(C)C(O)[C@H]31. The normalized spacial score (nSPS) is 60.4. The van der Waals surface area contributed by atoms with Crippen LogP contribution in [0.3, 0.4) is 0 Å². The molecule has 0 saturated heterocycles. The van der Waals surface area contributed by atoms with E-state index < -0.39 is 0 Å². The van der Waals surface area contributed by atoms with E-state index in [4.69, 9.17) is 0 Å². The quantitative estimate of drug-likeness (QED) is 0.681. The van der Waals surface area contributed by atoms with Crippen LogP contribution in [-0.4, -0.2) is 22.4 Å². The Morgan fingerprint density at radius 1 is 0.882 bits per heavy atom. The van der Waals surface area contributed by atoms with Crippen molar-refractivity contribution >= 4 is 0 Å². The number of aliphatic hydroxyl groups is 2. The monoisotopic (exact) mass is 238 g/mol. The second-order valence-corrected chi connectivity index (χ2v) is 7.94. The van der Waals surface area contributed by atoms with Crippen LogP contribution < -0.4 is 0 Å². The fourth-order valence-corrected chi connectivity index (χ4v) is 5.73. The molecule has 0 heterocycles. The Morgan fingerprint density at radius 3 is 2.18 bits per heavy atom. The van der Waals surface area contributed by atoms with Crippen molar-refractivity contribution in [3.8, 4) is 0 Å². The Hall–Kier alpha value is -0.0800. The zero-order valence-electron chi connectivity index (χ0n) is 11.5. The molecule has 2 heteroatoms. The van der Waals surface area contributed by atoms with Crippen LogP contribution >= 0.6 is 0 Å². The fraction of sp³-hybridized carbons (Fsp3) is 1.00. The molecule has 2 nitrogen and oxygen atoms in total. The molecule has 98 valence electrons. The molecule has 0 aromatic heterocycles. The van der Waals surface area contributed by atoms with Crippen LogP contribution in [0.15, 0.2) is 0 Å². The number of aliphatic hydroxyl groups excluding tert-OH is 2. The van der Waals surface area contributed by atoms with E-state index in [1.165, 1.54) is 19.3 Å². The van der Waals surface area contributed by atoms with Crippen LogP contribution in [0.25, 0.3) is 0 Å². The first-order valence-corrected chi connectivity index (χ1v) is 7.10. The molecule has 2 N–H and O–H groups in total. The van der Waals surface area contributed by atoms with Crippen molar-refractivity contribution in [2.75, 3.05) is 0 Å². The van der Waals surface area contributed by atoms with E-state index in [0.717, 1.165) is 6.42 Å². The van der Waals surface area contributed by atoms with Gasteiger partial charge in [0.05, 0.1) is 12.2 Å². The van der Waals surface area contributed by atoms with Gasteiger partial charge in [-0.05, 0) is 41.9 Å². The molecule has 4 bridgehead atoms. The summed E-state index contributed by atoms with van der Waals surface area (Å²) in [6.45, 7) is 9.09. The van der Waals surface area contributed by atoms with Crippen molar-refractivity contribution in [3.05, 3.63) is 0 Å². The first-order valence-electron chi connectivity index (χ1n) is 7.10. The van der Waals surface area contributed by atoms with Gasteiger partial charge in [0.1, 0.15) is 0 Å². The molecule has 3 aliphatic rings. The lowest BCUT2D eigenvalue weighted by Crippen LogP contribution is -2.46. The van der Waals surface area contributed by atoms with Gasteiger partial charge in [-0.3, -0.25) is 0 Å². The highest BCUT2D eigenvalue weighted by atomic mass is 16.3. The van der Waals surface area contributed by atoms with Gasteiger partial charge in [-0.15, -0.1) is 0 Å². The summed E-state index contributed by atoms with van der Waals surface area (Å²) in [5.41, 5.74) is 0.241. The number of rotatable bonds is 0. The van der Waals surface area contributed by atoms with Gasteiger partial charge in [0.15, 0.2) is 0 Å². The zero-order chi connectivity index (χ0) is 12.6. The molecule has 17 heavy (non-hydrogen) atoms. The zero-order valence-corrected chi connectivity index (χ0v) is 11.5. The maximum Gasteiger partial charge on any atom is 0.0637 e. The minimum absolute atomic E-state index is 0.0700. The Bertz CT molecular complexity index is 351. The summed E-state index contributed by atoms with van der Waals surface area (Å²) in [5, 5.41) is 21.2. The first kappa shape index (κ1) is 12.0. The van der Waals surface area contributed by atoms with Gasteiger partial charge < -0.3 is 10.2 Å². The molecule has 6 atom stereocenters. The van der Waals surface area contributed by atoms with Crippen molar-refractivity contribution in [2.45, 2.75) is 65.6 Å². The van der Waals surface area contributed by atoms with Crippen LogP contribution in [0.4, 0.5) is 0 Å². The van der Waals surface area contributed by atoms with E-state index in [2.05, 4.69) is 27.7 Å². The van der Waals surface area contributed by atoms with Gasteiger partial charge in [0.25, 0.3) is 0 Å². The van der Waals surface area contributed by atoms with Gasteiger partial charge in [-0.2, -0.15) is 0 Å². The predicted molar refractivity (Wildman–Crippen MR) is 67.5 cm³/mol. The highest BCUT2D eigenvalue weighted by Gasteiger charge is 2.73. The Kier molecular flexibility index (Phi) is 2.17. The summed E-state index contributed by atoms with van der Waals surface area (Å²) in [6, 6.07) is 0. The van der Waals surface area contributed by atoms with Crippen LogP contribution in [-0.2, 0) is 0 Å². The minimum Gasteiger partial charge on any atom is -0.393 e. The largest absolute Gasteiger partial charge is 0.393 e. The lowest BCUT2D eigenvalue weighted by atomic mass is 9.63. The highest BCUT2D eigenvalue weighted by Crippen LogP contribution is 2.73. The molecule has 0 aliphatic heterocycles. The van der Waals surface area contributed by atoms with Crippen molar-refractivity contribution in [1.29, 1.82) is 0 Å². The van der Waals surface area contributed by atoms with Gasteiger partial charge in [-0.1, -0.05) is 34.1 Å². The molecule has 1 unspecified atom stereocenters. The smallest absolute Gasteiger partial charge is 0.0637 e. The Labute approximate surface area is 104 Å².